The fourth-order valence-electron chi connectivity index (χ4n) is 7.99. The van der Waals surface area contributed by atoms with Gasteiger partial charge in [0.1, 0.15) is 5.78 Å². The van der Waals surface area contributed by atoms with Crippen LogP contribution in [0, 0.1) is 46.3 Å². The van der Waals surface area contributed by atoms with Crippen LogP contribution in [0.3, 0.4) is 0 Å². The van der Waals surface area contributed by atoms with Crippen molar-refractivity contribution in [1.29, 1.82) is 0 Å². The molecule has 3 saturated carbocycles. The summed E-state index contributed by atoms with van der Waals surface area (Å²) in [7, 11) is 0. The normalized spacial score (nSPS) is 55.0. The van der Waals surface area contributed by atoms with Crippen molar-refractivity contribution in [3.8, 4) is 0 Å². The van der Waals surface area contributed by atoms with Gasteiger partial charge in [0.05, 0.1) is 6.10 Å². The van der Waals surface area contributed by atoms with Crippen LogP contribution in [-0.4, -0.2) is 17.0 Å². The Balaban J connectivity index is 1.70. The van der Waals surface area contributed by atoms with Gasteiger partial charge in [0.2, 0.25) is 0 Å². The lowest BCUT2D eigenvalue weighted by Crippen LogP contribution is -2.55. The molecule has 0 aromatic rings. The molecule has 2 heteroatoms. The highest BCUT2D eigenvalue weighted by Gasteiger charge is 2.61. The minimum absolute atomic E-state index is 0.173. The first-order valence-electron chi connectivity index (χ1n) is 10.6. The molecule has 0 aromatic heterocycles. The van der Waals surface area contributed by atoms with Gasteiger partial charge in [0.25, 0.3) is 0 Å². The molecule has 0 aromatic carbocycles. The number of hydrogen-bond acceptors (Lipinski definition) is 2. The van der Waals surface area contributed by atoms with E-state index in [1.807, 2.05) is 6.92 Å². The van der Waals surface area contributed by atoms with Gasteiger partial charge in [-0.3, -0.25) is 4.79 Å². The van der Waals surface area contributed by atoms with Crippen molar-refractivity contribution < 1.29 is 9.90 Å². The van der Waals surface area contributed by atoms with Gasteiger partial charge in [-0.25, -0.2) is 0 Å². The molecule has 4 aliphatic carbocycles. The second kappa shape index (κ2) is 5.68. The first-order valence-corrected chi connectivity index (χ1v) is 10.6. The van der Waals surface area contributed by atoms with E-state index < -0.39 is 0 Å². The molecule has 3 fully saturated rings. The number of allylic oxidation sites excluding steroid dienone is 1. The average molecular weight is 345 g/mol. The van der Waals surface area contributed by atoms with Gasteiger partial charge >= 0.3 is 0 Å². The third kappa shape index (κ3) is 2.22. The van der Waals surface area contributed by atoms with Crippen LogP contribution in [0.2, 0.25) is 0 Å². The molecule has 140 valence electrons. The lowest BCUT2D eigenvalue weighted by atomic mass is 9.44. The number of carbonyl (C=O) groups is 1. The van der Waals surface area contributed by atoms with Crippen LogP contribution in [0.5, 0.6) is 0 Å². The van der Waals surface area contributed by atoms with Crippen molar-refractivity contribution in [2.45, 2.75) is 79.2 Å². The van der Waals surface area contributed by atoms with Crippen LogP contribution >= 0.6 is 0 Å². The van der Waals surface area contributed by atoms with Crippen molar-refractivity contribution in [1.82, 2.24) is 0 Å². The van der Waals surface area contributed by atoms with E-state index in [1.165, 1.54) is 31.3 Å². The van der Waals surface area contributed by atoms with Gasteiger partial charge in [-0.1, -0.05) is 39.3 Å². The third-order valence-corrected chi connectivity index (χ3v) is 9.80. The van der Waals surface area contributed by atoms with E-state index in [0.717, 1.165) is 24.7 Å². The maximum absolute atomic E-state index is 12.2. The summed E-state index contributed by atoms with van der Waals surface area (Å²) >= 11 is 0. The SMILES string of the molecule is CC(=O)[C@H]1CC[C@H]2[C@@H]3CC=C4CC(O)C(C)C(C)[C@]4(C)[C@H]3CC[C@]12C. The van der Waals surface area contributed by atoms with Crippen molar-refractivity contribution in [2.75, 3.05) is 0 Å². The Morgan fingerprint density at radius 3 is 2.56 bits per heavy atom. The number of rotatable bonds is 1. The van der Waals surface area contributed by atoms with Gasteiger partial charge in [0.15, 0.2) is 0 Å². The number of hydrogen-bond donors (Lipinski definition) is 1. The first-order chi connectivity index (χ1) is 11.7. The lowest BCUT2D eigenvalue weighted by Gasteiger charge is -2.61. The Labute approximate surface area is 153 Å². The second-order valence-electron chi connectivity index (χ2n) is 10.3. The van der Waals surface area contributed by atoms with Crippen LogP contribution in [0.15, 0.2) is 11.6 Å². The lowest BCUT2D eigenvalue weighted by molar-refractivity contribution is -0.129. The Morgan fingerprint density at radius 1 is 1.16 bits per heavy atom. The van der Waals surface area contributed by atoms with E-state index in [-0.39, 0.29) is 16.9 Å². The highest BCUT2D eigenvalue weighted by atomic mass is 16.3. The summed E-state index contributed by atoms with van der Waals surface area (Å²) in [6, 6.07) is 0. The van der Waals surface area contributed by atoms with Crippen LogP contribution < -0.4 is 0 Å². The van der Waals surface area contributed by atoms with Crippen LogP contribution in [0.1, 0.15) is 73.1 Å². The van der Waals surface area contributed by atoms with Crippen LogP contribution in [0.25, 0.3) is 0 Å². The smallest absolute Gasteiger partial charge is 0.133 e. The monoisotopic (exact) mass is 344 g/mol. The number of fused-ring (bicyclic) bond motifs is 5. The number of aliphatic hydroxyl groups is 1. The minimum atomic E-state index is -0.173. The summed E-state index contributed by atoms with van der Waals surface area (Å²) in [5, 5.41) is 10.5. The molecule has 25 heavy (non-hydrogen) atoms. The Bertz CT molecular complexity index is 607. The summed E-state index contributed by atoms with van der Waals surface area (Å²) in [6.45, 7) is 11.4. The summed E-state index contributed by atoms with van der Waals surface area (Å²) < 4.78 is 0. The molecule has 0 bridgehead atoms. The first kappa shape index (κ1) is 17.8. The highest BCUT2D eigenvalue weighted by molar-refractivity contribution is 5.79. The van der Waals surface area contributed by atoms with Gasteiger partial charge in [-0.2, -0.15) is 0 Å². The molecular weight excluding hydrogens is 308 g/mol. The van der Waals surface area contributed by atoms with Crippen LogP contribution in [0.4, 0.5) is 0 Å². The fourth-order valence-corrected chi connectivity index (χ4v) is 7.99. The number of aliphatic hydroxyl groups excluding tert-OH is 1. The Kier molecular flexibility index (Phi) is 4.04. The van der Waals surface area contributed by atoms with Gasteiger partial charge in [0, 0.05) is 5.92 Å². The zero-order valence-corrected chi connectivity index (χ0v) is 16.7. The molecule has 3 unspecified atom stereocenters. The van der Waals surface area contributed by atoms with Crippen molar-refractivity contribution in [3.05, 3.63) is 11.6 Å². The van der Waals surface area contributed by atoms with E-state index in [0.29, 0.717) is 29.5 Å². The highest BCUT2D eigenvalue weighted by Crippen LogP contribution is 2.67. The number of carbonyl (C=O) groups excluding carboxylic acids is 1. The average Bonchev–Trinajstić information content (AvgIpc) is 2.92. The molecule has 0 amide bonds. The molecule has 4 aliphatic rings. The predicted molar refractivity (Wildman–Crippen MR) is 101 cm³/mol. The summed E-state index contributed by atoms with van der Waals surface area (Å²) in [6.07, 6.45) is 9.22. The number of Topliss-reactive ketones (excluding diaryl/α,β-unsaturated/α-hetero) is 1. The van der Waals surface area contributed by atoms with E-state index in [1.54, 1.807) is 0 Å². The second-order valence-corrected chi connectivity index (χ2v) is 10.3. The summed E-state index contributed by atoms with van der Waals surface area (Å²) in [4.78, 5) is 12.2. The quantitative estimate of drug-likeness (QED) is 0.679. The van der Waals surface area contributed by atoms with Crippen molar-refractivity contribution in [3.63, 3.8) is 0 Å². The van der Waals surface area contributed by atoms with Crippen molar-refractivity contribution >= 4 is 5.78 Å². The molecule has 9 atom stereocenters. The van der Waals surface area contributed by atoms with Crippen molar-refractivity contribution in [2.24, 2.45) is 46.3 Å². The van der Waals surface area contributed by atoms with Gasteiger partial charge in [-0.05, 0) is 85.9 Å². The molecule has 0 radical (unpaired) electrons. The Morgan fingerprint density at radius 2 is 1.88 bits per heavy atom. The molecule has 0 spiro atoms. The topological polar surface area (TPSA) is 37.3 Å². The number of ketones is 1. The summed E-state index contributed by atoms with van der Waals surface area (Å²) in [5.74, 6) is 3.81. The van der Waals surface area contributed by atoms with E-state index >= 15 is 0 Å². The van der Waals surface area contributed by atoms with Gasteiger partial charge in [-0.15, -0.1) is 0 Å². The molecule has 0 heterocycles. The van der Waals surface area contributed by atoms with Crippen LogP contribution in [-0.2, 0) is 4.79 Å². The standard InChI is InChI=1S/C23H36O2/c1-13-14(2)23(5)16(12-21(13)25)6-7-17-19-9-8-18(15(3)24)22(19,4)11-10-20(17)23/h6,13-14,17-21,25H,7-12H2,1-5H3/t13?,14?,17-,18+,19-,20-,21?,22+,23-/m0/s1. The predicted octanol–water partition coefficient (Wildman–Crippen LogP) is 5.01. The van der Waals surface area contributed by atoms with E-state index in [4.69, 9.17) is 0 Å². The van der Waals surface area contributed by atoms with E-state index in [9.17, 15) is 9.90 Å². The maximum Gasteiger partial charge on any atom is 0.133 e. The van der Waals surface area contributed by atoms with Gasteiger partial charge < -0.3 is 5.11 Å². The molecular formula is C23H36O2. The molecule has 4 rings (SSSR count). The minimum Gasteiger partial charge on any atom is -0.393 e. The summed E-state index contributed by atoms with van der Waals surface area (Å²) in [5.41, 5.74) is 2.02. The largest absolute Gasteiger partial charge is 0.393 e. The molecule has 0 aliphatic heterocycles. The molecule has 1 N–H and O–H groups in total. The zero-order valence-electron chi connectivity index (χ0n) is 16.7. The third-order valence-electron chi connectivity index (χ3n) is 9.80. The maximum atomic E-state index is 12.2. The van der Waals surface area contributed by atoms with E-state index in [2.05, 4.69) is 33.8 Å². The zero-order chi connectivity index (χ0) is 18.1. The fraction of sp³-hybridized carbons (Fsp3) is 0.870. The Hall–Kier alpha value is -0.630. The molecule has 0 saturated heterocycles. The molecule has 2 nitrogen and oxygen atoms in total.